The molecule has 0 radical (unpaired) electrons. The number of nitriles is 2. The second-order valence-electron chi connectivity index (χ2n) is 11.5. The van der Waals surface area contributed by atoms with E-state index in [9.17, 15) is 10.5 Å². The van der Waals surface area contributed by atoms with Crippen molar-refractivity contribution in [2.24, 2.45) is 0 Å². The summed E-state index contributed by atoms with van der Waals surface area (Å²) in [4.78, 5) is 33.3. The molecule has 5 heterocycles. The fourth-order valence-electron chi connectivity index (χ4n) is 6.28. The summed E-state index contributed by atoms with van der Waals surface area (Å²) in [6.07, 6.45) is 3.43. The summed E-state index contributed by atoms with van der Waals surface area (Å²) >= 11 is 0. The molecule has 10 heteroatoms. The first-order chi connectivity index (χ1) is 24.7. The van der Waals surface area contributed by atoms with Crippen LogP contribution in [0.1, 0.15) is 11.4 Å². The van der Waals surface area contributed by atoms with Crippen LogP contribution in [-0.4, -0.2) is 29.9 Å². The van der Waals surface area contributed by atoms with Crippen LogP contribution in [0.2, 0.25) is 0 Å². The van der Waals surface area contributed by atoms with Gasteiger partial charge in [0.15, 0.2) is 34.7 Å². The summed E-state index contributed by atoms with van der Waals surface area (Å²) in [6.45, 7) is 0. The molecule has 0 saturated carbocycles. The molecule has 0 saturated heterocycles. The van der Waals surface area contributed by atoms with Gasteiger partial charge in [-0.3, -0.25) is 19.8 Å². The minimum absolute atomic E-state index is 0.0954. The highest BCUT2D eigenvalue weighted by molar-refractivity contribution is 6.01. The average molecular weight is 643 g/mol. The zero-order chi connectivity index (χ0) is 33.6. The third-order valence-electron chi connectivity index (χ3n) is 8.58. The molecule has 0 N–H and O–H groups in total. The van der Waals surface area contributed by atoms with E-state index in [4.69, 9.17) is 19.9 Å². The summed E-state index contributed by atoms with van der Waals surface area (Å²) in [5.74, 6) is 1.51. The third-order valence-corrected chi connectivity index (χ3v) is 8.58. The SMILES string of the molecule is N#Cc1nc2c(nc1C#N)N(c1ccc3ccccc3c1)c1nc(-c3ccccn3)c(-c3ccccn3)nc1N2c1ccc2ccccc2c1. The Bertz CT molecular complexity index is 2510. The standard InChI is InChI=1S/C40H22N10/c41-23-33-34(24-42)46-38-37(45-33)49(29-17-15-25-9-1-3-11-27(25)21-29)39-40(50(38)30-18-16-26-10-2-4-12-28(26)22-30)48-36(32-14-6-8-20-44-32)35(47-39)31-13-5-7-19-43-31/h1-22H. The highest BCUT2D eigenvalue weighted by atomic mass is 15.4. The molecule has 1 aliphatic rings. The number of fused-ring (bicyclic) bond motifs is 4. The second-order valence-corrected chi connectivity index (χ2v) is 11.5. The molecule has 232 valence electrons. The Morgan fingerprint density at radius 3 is 1.22 bits per heavy atom. The lowest BCUT2D eigenvalue weighted by atomic mass is 10.1. The van der Waals surface area contributed by atoms with Gasteiger partial charge in [0.25, 0.3) is 0 Å². The van der Waals surface area contributed by atoms with Crippen molar-refractivity contribution in [3.63, 3.8) is 0 Å². The van der Waals surface area contributed by atoms with E-state index >= 15 is 0 Å². The van der Waals surface area contributed by atoms with Crippen molar-refractivity contribution in [3.8, 4) is 34.9 Å². The monoisotopic (exact) mass is 642 g/mol. The normalized spacial score (nSPS) is 11.9. The summed E-state index contributed by atoms with van der Waals surface area (Å²) in [7, 11) is 0. The molecule has 4 aromatic carbocycles. The van der Waals surface area contributed by atoms with E-state index in [1.54, 1.807) is 12.4 Å². The van der Waals surface area contributed by atoms with Gasteiger partial charge in [-0.25, -0.2) is 19.9 Å². The number of aromatic nitrogens is 6. The Morgan fingerprint density at radius 1 is 0.420 bits per heavy atom. The lowest BCUT2D eigenvalue weighted by Crippen LogP contribution is -2.29. The van der Waals surface area contributed by atoms with Crippen LogP contribution in [0.5, 0.6) is 0 Å². The van der Waals surface area contributed by atoms with Gasteiger partial charge in [-0.05, 0) is 70.1 Å². The minimum atomic E-state index is -0.0954. The zero-order valence-electron chi connectivity index (χ0n) is 26.2. The van der Waals surface area contributed by atoms with Crippen molar-refractivity contribution in [2.45, 2.75) is 0 Å². The maximum absolute atomic E-state index is 10.1. The predicted molar refractivity (Wildman–Crippen MR) is 191 cm³/mol. The summed E-state index contributed by atoms with van der Waals surface area (Å²) in [5, 5.41) is 24.3. The fourth-order valence-corrected chi connectivity index (χ4v) is 6.28. The van der Waals surface area contributed by atoms with Crippen molar-refractivity contribution < 1.29 is 0 Å². The number of pyridine rings is 2. The molecule has 0 fully saturated rings. The van der Waals surface area contributed by atoms with Crippen LogP contribution in [0.25, 0.3) is 44.3 Å². The number of anilines is 6. The molecule has 10 nitrogen and oxygen atoms in total. The molecular formula is C40H22N10. The van der Waals surface area contributed by atoms with Crippen LogP contribution in [0.3, 0.4) is 0 Å². The van der Waals surface area contributed by atoms with E-state index in [0.29, 0.717) is 46.0 Å². The number of hydrogen-bond acceptors (Lipinski definition) is 10. The van der Waals surface area contributed by atoms with E-state index < -0.39 is 0 Å². The highest BCUT2D eigenvalue weighted by Crippen LogP contribution is 2.53. The summed E-state index contributed by atoms with van der Waals surface area (Å²) in [5.41, 5.74) is 3.49. The van der Waals surface area contributed by atoms with E-state index in [0.717, 1.165) is 32.9 Å². The van der Waals surface area contributed by atoms with Gasteiger partial charge in [-0.2, -0.15) is 10.5 Å². The van der Waals surface area contributed by atoms with E-state index in [1.165, 1.54) is 0 Å². The molecule has 0 aliphatic carbocycles. The smallest absolute Gasteiger partial charge is 0.184 e. The number of nitrogens with zero attached hydrogens (tertiary/aromatic N) is 10. The van der Waals surface area contributed by atoms with Gasteiger partial charge in [-0.15, -0.1) is 0 Å². The second kappa shape index (κ2) is 11.6. The zero-order valence-corrected chi connectivity index (χ0v) is 26.2. The van der Waals surface area contributed by atoms with Gasteiger partial charge < -0.3 is 0 Å². The van der Waals surface area contributed by atoms with Gasteiger partial charge >= 0.3 is 0 Å². The largest absolute Gasteiger partial charge is 0.273 e. The van der Waals surface area contributed by atoms with Crippen LogP contribution < -0.4 is 9.80 Å². The summed E-state index contributed by atoms with van der Waals surface area (Å²) in [6, 6.07) is 43.6. The minimum Gasteiger partial charge on any atom is -0.273 e. The van der Waals surface area contributed by atoms with Gasteiger partial charge in [0.1, 0.15) is 23.5 Å². The Kier molecular flexibility index (Phi) is 6.65. The van der Waals surface area contributed by atoms with Crippen LogP contribution in [0.4, 0.5) is 34.6 Å². The maximum Gasteiger partial charge on any atom is 0.184 e. The molecule has 50 heavy (non-hydrogen) atoms. The average Bonchev–Trinajstić information content (AvgIpc) is 3.19. The molecule has 9 rings (SSSR count). The Hall–Kier alpha value is -7.56. The van der Waals surface area contributed by atoms with E-state index in [1.807, 2.05) is 131 Å². The van der Waals surface area contributed by atoms with Crippen molar-refractivity contribution in [2.75, 3.05) is 9.80 Å². The van der Waals surface area contributed by atoms with Crippen LogP contribution in [0.15, 0.2) is 134 Å². The third kappa shape index (κ3) is 4.64. The van der Waals surface area contributed by atoms with Crippen LogP contribution in [-0.2, 0) is 0 Å². The molecule has 0 unspecified atom stereocenters. The number of hydrogen-bond donors (Lipinski definition) is 0. The van der Waals surface area contributed by atoms with E-state index in [2.05, 4.69) is 22.1 Å². The number of benzene rings is 4. The first kappa shape index (κ1) is 28.6. The predicted octanol–water partition coefficient (Wildman–Crippen LogP) is 8.69. The molecule has 8 aromatic rings. The quantitative estimate of drug-likeness (QED) is 0.184. The van der Waals surface area contributed by atoms with Gasteiger partial charge in [0, 0.05) is 23.8 Å². The van der Waals surface area contributed by atoms with Crippen LogP contribution in [0, 0.1) is 22.7 Å². The summed E-state index contributed by atoms with van der Waals surface area (Å²) < 4.78 is 0. The fraction of sp³-hybridized carbons (Fsp3) is 0. The first-order valence-corrected chi connectivity index (χ1v) is 15.7. The topological polar surface area (TPSA) is 131 Å². The molecule has 0 bridgehead atoms. The van der Waals surface area contributed by atoms with Gasteiger partial charge in [-0.1, -0.05) is 72.8 Å². The van der Waals surface area contributed by atoms with Gasteiger partial charge in [0.2, 0.25) is 0 Å². The molecular weight excluding hydrogens is 621 g/mol. The lowest BCUT2D eigenvalue weighted by molar-refractivity contribution is 0.977. The van der Waals surface area contributed by atoms with Crippen molar-refractivity contribution in [1.82, 2.24) is 29.9 Å². The Morgan fingerprint density at radius 2 is 0.820 bits per heavy atom. The first-order valence-electron chi connectivity index (χ1n) is 15.7. The molecule has 0 amide bonds. The number of rotatable bonds is 4. The van der Waals surface area contributed by atoms with Crippen molar-refractivity contribution >= 4 is 56.2 Å². The van der Waals surface area contributed by atoms with Crippen molar-refractivity contribution in [1.29, 1.82) is 10.5 Å². The molecule has 4 aromatic heterocycles. The Balaban J connectivity index is 1.42. The lowest BCUT2D eigenvalue weighted by Gasteiger charge is -2.37. The highest BCUT2D eigenvalue weighted by Gasteiger charge is 2.38. The molecule has 0 atom stereocenters. The molecule has 0 spiro atoms. The Labute approximate surface area is 285 Å². The van der Waals surface area contributed by atoms with E-state index in [-0.39, 0.29) is 11.4 Å². The van der Waals surface area contributed by atoms with Crippen molar-refractivity contribution in [3.05, 3.63) is 145 Å². The molecule has 1 aliphatic heterocycles. The van der Waals surface area contributed by atoms with Crippen LogP contribution >= 0.6 is 0 Å². The maximum atomic E-state index is 10.1. The van der Waals surface area contributed by atoms with Gasteiger partial charge in [0.05, 0.1) is 11.4 Å².